The summed E-state index contributed by atoms with van der Waals surface area (Å²) in [6.07, 6.45) is 2.63. The minimum Gasteiger partial charge on any atom is -0.493 e. The Kier molecular flexibility index (Phi) is 4.96. The molecule has 7 nitrogen and oxygen atoms in total. The molecule has 0 saturated carbocycles. The Labute approximate surface area is 168 Å². The molecule has 0 spiro atoms. The van der Waals surface area contributed by atoms with Gasteiger partial charge in [-0.25, -0.2) is 0 Å². The van der Waals surface area contributed by atoms with Crippen molar-refractivity contribution in [3.05, 3.63) is 48.7 Å². The highest BCUT2D eigenvalue weighted by Gasteiger charge is 2.25. The largest absolute Gasteiger partial charge is 0.493 e. The molecule has 2 aliphatic rings. The second-order valence-electron chi connectivity index (χ2n) is 6.94. The number of nitrogens with zero attached hydrogens (tertiary/aromatic N) is 1. The number of aromatic nitrogens is 1. The van der Waals surface area contributed by atoms with Crippen LogP contribution in [0.4, 0.5) is 0 Å². The predicted octanol–water partition coefficient (Wildman–Crippen LogP) is 3.16. The third-order valence-corrected chi connectivity index (χ3v) is 4.89. The van der Waals surface area contributed by atoms with Crippen LogP contribution in [-0.4, -0.2) is 44.2 Å². The van der Waals surface area contributed by atoms with Gasteiger partial charge in [-0.15, -0.1) is 0 Å². The minimum atomic E-state index is -0.0482. The topological polar surface area (TPSA) is 71.1 Å². The summed E-state index contributed by atoms with van der Waals surface area (Å²) in [5, 5.41) is 4.45. The molecule has 1 atom stereocenters. The molecule has 0 bridgehead atoms. The zero-order chi connectivity index (χ0) is 19.5. The second kappa shape index (κ2) is 8.05. The Bertz CT molecular complexity index is 1000. The SMILES string of the molecule is c1cc(OCCCNCC2COc3cc4c(cc3O2)OCO4)c2cccnc2c1. The van der Waals surface area contributed by atoms with Gasteiger partial charge in [0, 0.05) is 30.3 Å². The first-order valence-corrected chi connectivity index (χ1v) is 9.77. The molecule has 0 amide bonds. The van der Waals surface area contributed by atoms with Crippen LogP contribution in [-0.2, 0) is 0 Å². The first kappa shape index (κ1) is 17.9. The van der Waals surface area contributed by atoms with Crippen LogP contribution in [0.5, 0.6) is 28.7 Å². The number of rotatable bonds is 7. The van der Waals surface area contributed by atoms with Gasteiger partial charge in [0.05, 0.1) is 12.1 Å². The maximum atomic E-state index is 6.02. The normalized spacial score (nSPS) is 16.8. The molecule has 1 N–H and O–H groups in total. The number of benzene rings is 2. The molecular weight excluding hydrogens is 372 g/mol. The summed E-state index contributed by atoms with van der Waals surface area (Å²) in [6, 6.07) is 13.5. The van der Waals surface area contributed by atoms with Gasteiger partial charge in [0.1, 0.15) is 18.5 Å². The van der Waals surface area contributed by atoms with E-state index in [-0.39, 0.29) is 12.9 Å². The van der Waals surface area contributed by atoms with Crippen molar-refractivity contribution in [3.63, 3.8) is 0 Å². The third-order valence-electron chi connectivity index (χ3n) is 4.89. The van der Waals surface area contributed by atoms with Crippen LogP contribution in [0.15, 0.2) is 48.7 Å². The fraction of sp³-hybridized carbons (Fsp3) is 0.318. The summed E-state index contributed by atoms with van der Waals surface area (Å²) in [5.41, 5.74) is 0.945. The van der Waals surface area contributed by atoms with Gasteiger partial charge in [-0.1, -0.05) is 6.07 Å². The Hall–Kier alpha value is -3.19. The fourth-order valence-corrected chi connectivity index (χ4v) is 3.45. The van der Waals surface area contributed by atoms with Crippen LogP contribution in [0, 0.1) is 0 Å². The van der Waals surface area contributed by atoms with Crippen molar-refractivity contribution in [1.82, 2.24) is 10.3 Å². The molecule has 0 fully saturated rings. The predicted molar refractivity (Wildman–Crippen MR) is 107 cm³/mol. The van der Waals surface area contributed by atoms with Gasteiger partial charge in [-0.3, -0.25) is 4.98 Å². The Balaban J connectivity index is 1.06. The number of nitrogens with one attached hydrogen (secondary N) is 1. The van der Waals surface area contributed by atoms with Crippen molar-refractivity contribution in [2.24, 2.45) is 0 Å². The highest BCUT2D eigenvalue weighted by Crippen LogP contribution is 2.43. The summed E-state index contributed by atoms with van der Waals surface area (Å²) < 4.78 is 28.5. The van der Waals surface area contributed by atoms with E-state index < -0.39 is 0 Å². The van der Waals surface area contributed by atoms with Crippen molar-refractivity contribution in [3.8, 4) is 28.7 Å². The molecule has 0 saturated heterocycles. The Morgan fingerprint density at radius 1 is 1.00 bits per heavy atom. The zero-order valence-corrected chi connectivity index (χ0v) is 15.9. The van der Waals surface area contributed by atoms with Crippen molar-refractivity contribution in [2.45, 2.75) is 12.5 Å². The van der Waals surface area contributed by atoms with Crippen LogP contribution in [0.3, 0.4) is 0 Å². The number of pyridine rings is 1. The summed E-state index contributed by atoms with van der Waals surface area (Å²) in [7, 11) is 0. The Morgan fingerprint density at radius 3 is 2.79 bits per heavy atom. The van der Waals surface area contributed by atoms with Gasteiger partial charge in [0.25, 0.3) is 0 Å². The quantitative estimate of drug-likeness (QED) is 0.617. The summed E-state index contributed by atoms with van der Waals surface area (Å²) >= 11 is 0. The van der Waals surface area contributed by atoms with Crippen LogP contribution in [0.25, 0.3) is 10.9 Å². The van der Waals surface area contributed by atoms with Crippen LogP contribution in [0.1, 0.15) is 6.42 Å². The molecule has 29 heavy (non-hydrogen) atoms. The first-order chi connectivity index (χ1) is 14.4. The summed E-state index contributed by atoms with van der Waals surface area (Å²) in [6.45, 7) is 2.90. The van der Waals surface area contributed by atoms with Crippen LogP contribution in [0.2, 0.25) is 0 Å². The molecule has 7 heteroatoms. The highest BCUT2D eigenvalue weighted by molar-refractivity contribution is 5.84. The molecular formula is C22H22N2O5. The molecule has 3 heterocycles. The molecule has 2 aliphatic heterocycles. The lowest BCUT2D eigenvalue weighted by Gasteiger charge is -2.27. The molecule has 0 aliphatic carbocycles. The lowest BCUT2D eigenvalue weighted by Crippen LogP contribution is -2.39. The average Bonchev–Trinajstić information content (AvgIpc) is 3.21. The molecule has 150 valence electrons. The van der Waals surface area contributed by atoms with E-state index in [1.54, 1.807) is 6.20 Å². The first-order valence-electron chi connectivity index (χ1n) is 9.77. The van der Waals surface area contributed by atoms with E-state index in [4.69, 9.17) is 23.7 Å². The van der Waals surface area contributed by atoms with E-state index in [1.165, 1.54) is 0 Å². The van der Waals surface area contributed by atoms with E-state index in [9.17, 15) is 0 Å². The number of ether oxygens (including phenoxy) is 5. The van der Waals surface area contributed by atoms with Gasteiger partial charge < -0.3 is 29.0 Å². The van der Waals surface area contributed by atoms with Gasteiger partial charge in [0.2, 0.25) is 6.79 Å². The lowest BCUT2D eigenvalue weighted by molar-refractivity contribution is 0.0899. The van der Waals surface area contributed by atoms with E-state index in [1.807, 2.05) is 42.5 Å². The zero-order valence-electron chi connectivity index (χ0n) is 15.9. The van der Waals surface area contributed by atoms with Gasteiger partial charge in [-0.05, 0) is 37.2 Å². The van der Waals surface area contributed by atoms with E-state index >= 15 is 0 Å². The number of hydrogen-bond acceptors (Lipinski definition) is 7. The molecule has 2 aromatic carbocycles. The van der Waals surface area contributed by atoms with Gasteiger partial charge >= 0.3 is 0 Å². The molecule has 1 aromatic heterocycles. The molecule has 1 unspecified atom stereocenters. The average molecular weight is 394 g/mol. The summed E-state index contributed by atoms with van der Waals surface area (Å²) in [5.74, 6) is 3.66. The van der Waals surface area contributed by atoms with E-state index in [2.05, 4.69) is 10.3 Å². The maximum Gasteiger partial charge on any atom is 0.231 e. The Morgan fingerprint density at radius 2 is 1.86 bits per heavy atom. The van der Waals surface area contributed by atoms with Crippen molar-refractivity contribution in [1.29, 1.82) is 0 Å². The second-order valence-corrected chi connectivity index (χ2v) is 6.94. The fourth-order valence-electron chi connectivity index (χ4n) is 3.45. The van der Waals surface area contributed by atoms with E-state index in [0.717, 1.165) is 29.6 Å². The third kappa shape index (κ3) is 3.86. The molecule has 0 radical (unpaired) electrons. The van der Waals surface area contributed by atoms with Gasteiger partial charge in [0.15, 0.2) is 23.0 Å². The van der Waals surface area contributed by atoms with E-state index in [0.29, 0.717) is 42.8 Å². The van der Waals surface area contributed by atoms with Crippen molar-refractivity contribution in [2.75, 3.05) is 33.1 Å². The highest BCUT2D eigenvalue weighted by atomic mass is 16.7. The molecule has 3 aromatic rings. The standard InChI is InChI=1S/C22H22N2O5/c1-5-17-16(4-2-8-24-17)18(6-1)25-9-3-7-23-12-15-13-26-21-10-19-20(28-14-27-19)11-22(21)29-15/h1-2,4-6,8,10-11,15,23H,3,7,9,12-14H2. The lowest BCUT2D eigenvalue weighted by atomic mass is 10.2. The molecule has 5 rings (SSSR count). The van der Waals surface area contributed by atoms with Crippen LogP contribution >= 0.6 is 0 Å². The van der Waals surface area contributed by atoms with Crippen molar-refractivity contribution < 1.29 is 23.7 Å². The smallest absolute Gasteiger partial charge is 0.231 e. The minimum absolute atomic E-state index is 0.0482. The summed E-state index contributed by atoms with van der Waals surface area (Å²) in [4.78, 5) is 4.35. The number of hydrogen-bond donors (Lipinski definition) is 1. The van der Waals surface area contributed by atoms with Crippen LogP contribution < -0.4 is 29.0 Å². The number of fused-ring (bicyclic) bond motifs is 3. The monoisotopic (exact) mass is 394 g/mol. The van der Waals surface area contributed by atoms with Gasteiger partial charge in [-0.2, -0.15) is 0 Å². The van der Waals surface area contributed by atoms with Crippen molar-refractivity contribution >= 4 is 10.9 Å². The maximum absolute atomic E-state index is 6.02.